The highest BCUT2D eigenvalue weighted by Gasteiger charge is 2.06. The SMILES string of the molecule is C[C@@H](O)c1cnn(-c2ccccc2)n1. The van der Waals surface area contributed by atoms with E-state index >= 15 is 0 Å². The van der Waals surface area contributed by atoms with Crippen LogP contribution < -0.4 is 0 Å². The molecule has 1 N–H and O–H groups in total. The maximum atomic E-state index is 9.27. The molecule has 0 fully saturated rings. The summed E-state index contributed by atoms with van der Waals surface area (Å²) in [5.74, 6) is 0. The summed E-state index contributed by atoms with van der Waals surface area (Å²) in [6, 6.07) is 9.59. The van der Waals surface area contributed by atoms with Crippen molar-refractivity contribution >= 4 is 0 Å². The first kappa shape index (κ1) is 8.90. The molecule has 14 heavy (non-hydrogen) atoms. The zero-order chi connectivity index (χ0) is 9.97. The second-order valence-corrected chi connectivity index (χ2v) is 3.07. The van der Waals surface area contributed by atoms with Crippen LogP contribution in [0.15, 0.2) is 36.5 Å². The molecule has 1 aromatic carbocycles. The number of aliphatic hydroxyl groups excluding tert-OH is 1. The van der Waals surface area contributed by atoms with Crippen LogP contribution in [0.2, 0.25) is 0 Å². The highest BCUT2D eigenvalue weighted by Crippen LogP contribution is 2.09. The largest absolute Gasteiger partial charge is 0.387 e. The molecule has 1 aromatic heterocycles. The lowest BCUT2D eigenvalue weighted by Crippen LogP contribution is -1.99. The second kappa shape index (κ2) is 3.59. The molecule has 0 aliphatic rings. The Bertz CT molecular complexity index is 408. The number of hydrogen-bond donors (Lipinski definition) is 1. The van der Waals surface area contributed by atoms with Gasteiger partial charge >= 0.3 is 0 Å². The fourth-order valence-electron chi connectivity index (χ4n) is 1.15. The van der Waals surface area contributed by atoms with Gasteiger partial charge in [-0.25, -0.2) is 0 Å². The molecule has 4 nitrogen and oxygen atoms in total. The van der Waals surface area contributed by atoms with Crippen molar-refractivity contribution in [3.8, 4) is 5.69 Å². The van der Waals surface area contributed by atoms with E-state index in [1.54, 1.807) is 13.1 Å². The van der Waals surface area contributed by atoms with Gasteiger partial charge in [0.05, 0.1) is 18.0 Å². The Balaban J connectivity index is 2.34. The van der Waals surface area contributed by atoms with Crippen molar-refractivity contribution in [3.05, 3.63) is 42.2 Å². The van der Waals surface area contributed by atoms with Gasteiger partial charge in [-0.1, -0.05) is 18.2 Å². The number of para-hydroxylation sites is 1. The molecule has 4 heteroatoms. The molecule has 1 atom stereocenters. The first-order valence-electron chi connectivity index (χ1n) is 4.43. The molecule has 72 valence electrons. The van der Waals surface area contributed by atoms with Crippen LogP contribution in [0.1, 0.15) is 18.7 Å². The molecule has 0 aliphatic heterocycles. The van der Waals surface area contributed by atoms with Crippen LogP contribution in [0, 0.1) is 0 Å². The third-order valence-corrected chi connectivity index (χ3v) is 1.92. The van der Waals surface area contributed by atoms with Crippen LogP contribution in [-0.4, -0.2) is 20.1 Å². The highest BCUT2D eigenvalue weighted by molar-refractivity contribution is 5.28. The van der Waals surface area contributed by atoms with E-state index in [0.717, 1.165) is 5.69 Å². The number of benzene rings is 1. The van der Waals surface area contributed by atoms with Crippen LogP contribution in [0.3, 0.4) is 0 Å². The standard InChI is InChI=1S/C10H11N3O/c1-8(14)10-7-11-13(12-10)9-5-3-2-4-6-9/h2-8,14H,1H3/t8-/m1/s1. The van der Waals surface area contributed by atoms with E-state index in [1.165, 1.54) is 4.80 Å². The van der Waals surface area contributed by atoms with Crippen LogP contribution in [0.25, 0.3) is 5.69 Å². The van der Waals surface area contributed by atoms with Crippen molar-refractivity contribution in [3.63, 3.8) is 0 Å². The Morgan fingerprint density at radius 1 is 1.29 bits per heavy atom. The quantitative estimate of drug-likeness (QED) is 0.775. The van der Waals surface area contributed by atoms with Gasteiger partial charge in [0.2, 0.25) is 0 Å². The molecule has 0 aliphatic carbocycles. The monoisotopic (exact) mass is 189 g/mol. The minimum Gasteiger partial charge on any atom is -0.387 e. The van der Waals surface area contributed by atoms with Gasteiger partial charge in [0.25, 0.3) is 0 Å². The maximum absolute atomic E-state index is 9.27. The molecule has 0 amide bonds. The Morgan fingerprint density at radius 3 is 2.57 bits per heavy atom. The molecule has 0 unspecified atom stereocenters. The van der Waals surface area contributed by atoms with E-state index in [4.69, 9.17) is 0 Å². The molecular weight excluding hydrogens is 178 g/mol. The molecule has 0 bridgehead atoms. The summed E-state index contributed by atoms with van der Waals surface area (Å²) >= 11 is 0. The van der Waals surface area contributed by atoms with E-state index in [0.29, 0.717) is 5.69 Å². The molecule has 1 heterocycles. The van der Waals surface area contributed by atoms with Crippen molar-refractivity contribution in [2.45, 2.75) is 13.0 Å². The minimum atomic E-state index is -0.576. The summed E-state index contributed by atoms with van der Waals surface area (Å²) in [4.78, 5) is 1.50. The van der Waals surface area contributed by atoms with Gasteiger partial charge in [0, 0.05) is 0 Å². The van der Waals surface area contributed by atoms with E-state index in [2.05, 4.69) is 10.2 Å². The summed E-state index contributed by atoms with van der Waals surface area (Å²) in [5, 5.41) is 17.5. The number of nitrogens with zero attached hydrogens (tertiary/aromatic N) is 3. The van der Waals surface area contributed by atoms with E-state index < -0.39 is 6.10 Å². The van der Waals surface area contributed by atoms with Gasteiger partial charge in [0.15, 0.2) is 0 Å². The van der Waals surface area contributed by atoms with Gasteiger partial charge in [-0.2, -0.15) is 15.0 Å². The Kier molecular flexibility index (Phi) is 2.28. The van der Waals surface area contributed by atoms with Crippen LogP contribution in [-0.2, 0) is 0 Å². The normalized spacial score (nSPS) is 12.7. The Morgan fingerprint density at radius 2 is 2.00 bits per heavy atom. The van der Waals surface area contributed by atoms with Crippen LogP contribution in [0.5, 0.6) is 0 Å². The van der Waals surface area contributed by atoms with Crippen molar-refractivity contribution in [1.82, 2.24) is 15.0 Å². The molecule has 0 spiro atoms. The average Bonchev–Trinajstić information content (AvgIpc) is 2.68. The topological polar surface area (TPSA) is 50.9 Å². The summed E-state index contributed by atoms with van der Waals surface area (Å²) in [6.45, 7) is 1.67. The van der Waals surface area contributed by atoms with E-state index in [9.17, 15) is 5.11 Å². The smallest absolute Gasteiger partial charge is 0.111 e. The predicted molar refractivity (Wildman–Crippen MR) is 52.0 cm³/mol. The maximum Gasteiger partial charge on any atom is 0.111 e. The summed E-state index contributed by atoms with van der Waals surface area (Å²) in [7, 11) is 0. The van der Waals surface area contributed by atoms with Gasteiger partial charge in [-0.15, -0.1) is 0 Å². The first-order valence-corrected chi connectivity index (χ1v) is 4.43. The van der Waals surface area contributed by atoms with Crippen LogP contribution >= 0.6 is 0 Å². The highest BCUT2D eigenvalue weighted by atomic mass is 16.3. The zero-order valence-corrected chi connectivity index (χ0v) is 7.83. The lowest BCUT2D eigenvalue weighted by atomic mass is 10.3. The van der Waals surface area contributed by atoms with Gasteiger partial charge < -0.3 is 5.11 Å². The number of aromatic nitrogens is 3. The van der Waals surface area contributed by atoms with E-state index in [1.807, 2.05) is 30.3 Å². The fraction of sp³-hybridized carbons (Fsp3) is 0.200. The Hall–Kier alpha value is -1.68. The lowest BCUT2D eigenvalue weighted by molar-refractivity contribution is 0.193. The van der Waals surface area contributed by atoms with Crippen molar-refractivity contribution in [2.24, 2.45) is 0 Å². The average molecular weight is 189 g/mol. The predicted octanol–water partition coefficient (Wildman–Crippen LogP) is 1.32. The number of rotatable bonds is 2. The van der Waals surface area contributed by atoms with Gasteiger partial charge in [0.1, 0.15) is 5.69 Å². The number of aliphatic hydroxyl groups is 1. The lowest BCUT2D eigenvalue weighted by Gasteiger charge is -1.98. The summed E-state index contributed by atoms with van der Waals surface area (Å²) in [5.41, 5.74) is 1.47. The van der Waals surface area contributed by atoms with Gasteiger partial charge in [-0.05, 0) is 19.1 Å². The van der Waals surface area contributed by atoms with Crippen molar-refractivity contribution in [2.75, 3.05) is 0 Å². The molecule has 0 saturated heterocycles. The van der Waals surface area contributed by atoms with Crippen LogP contribution in [0.4, 0.5) is 0 Å². The first-order chi connectivity index (χ1) is 6.77. The van der Waals surface area contributed by atoms with Gasteiger partial charge in [-0.3, -0.25) is 0 Å². The minimum absolute atomic E-state index is 0.576. The molecule has 2 aromatic rings. The number of hydrogen-bond acceptors (Lipinski definition) is 3. The molecular formula is C10H11N3O. The summed E-state index contributed by atoms with van der Waals surface area (Å²) < 4.78 is 0. The zero-order valence-electron chi connectivity index (χ0n) is 7.83. The van der Waals surface area contributed by atoms with Crippen molar-refractivity contribution in [1.29, 1.82) is 0 Å². The Labute approximate surface area is 81.8 Å². The third-order valence-electron chi connectivity index (χ3n) is 1.92. The summed E-state index contributed by atoms with van der Waals surface area (Å²) in [6.07, 6.45) is 0.991. The third kappa shape index (κ3) is 1.65. The fourth-order valence-corrected chi connectivity index (χ4v) is 1.15. The van der Waals surface area contributed by atoms with Crippen molar-refractivity contribution < 1.29 is 5.11 Å². The van der Waals surface area contributed by atoms with E-state index in [-0.39, 0.29) is 0 Å². The molecule has 0 saturated carbocycles. The molecule has 0 radical (unpaired) electrons. The second-order valence-electron chi connectivity index (χ2n) is 3.07. The molecule has 2 rings (SSSR count).